The van der Waals surface area contributed by atoms with E-state index >= 15 is 0 Å². The van der Waals surface area contributed by atoms with Crippen LogP contribution in [0.5, 0.6) is 0 Å². The van der Waals surface area contributed by atoms with Crippen molar-refractivity contribution in [3.63, 3.8) is 0 Å². The Morgan fingerprint density at radius 3 is 1.50 bits per heavy atom. The van der Waals surface area contributed by atoms with Gasteiger partial charge in [-0.05, 0) is 45.4 Å². The summed E-state index contributed by atoms with van der Waals surface area (Å²) in [4.78, 5) is 0. The molecule has 0 aromatic carbocycles. The Balaban J connectivity index is 2.78. The average Bonchev–Trinajstić information content (AvgIpc) is 2.21. The highest BCUT2D eigenvalue weighted by Crippen LogP contribution is 1.75. The van der Waals surface area contributed by atoms with Gasteiger partial charge in [-0.2, -0.15) is 0 Å². The maximum atomic E-state index is 3.42. The molecule has 0 saturated heterocycles. The second-order valence-electron chi connectivity index (χ2n) is 3.60. The van der Waals surface area contributed by atoms with E-state index in [9.17, 15) is 0 Å². The van der Waals surface area contributed by atoms with Gasteiger partial charge in [-0.15, -0.1) is 0 Å². The summed E-state index contributed by atoms with van der Waals surface area (Å²) in [7, 11) is 0. The first-order chi connectivity index (χ1) is 6.91. The van der Waals surface area contributed by atoms with Gasteiger partial charge in [0.25, 0.3) is 0 Å². The van der Waals surface area contributed by atoms with Gasteiger partial charge in [-0.1, -0.05) is 13.8 Å². The van der Waals surface area contributed by atoms with Crippen molar-refractivity contribution < 1.29 is 0 Å². The molecule has 0 unspecified atom stereocenters. The smallest absolute Gasteiger partial charge is 0.00767 e. The quantitative estimate of drug-likeness (QED) is 0.436. The molecule has 0 bridgehead atoms. The number of nitrogens with one attached hydrogen (secondary N) is 3. The molecule has 0 amide bonds. The van der Waals surface area contributed by atoms with E-state index < -0.39 is 0 Å². The van der Waals surface area contributed by atoms with Gasteiger partial charge in [-0.3, -0.25) is 0 Å². The molecular formula is C11H27N3. The van der Waals surface area contributed by atoms with Crippen molar-refractivity contribution in [1.29, 1.82) is 0 Å². The lowest BCUT2D eigenvalue weighted by Gasteiger charge is -2.06. The van der Waals surface area contributed by atoms with Crippen LogP contribution in [0, 0.1) is 0 Å². The van der Waals surface area contributed by atoms with Crippen molar-refractivity contribution in [2.75, 3.05) is 39.3 Å². The normalized spacial score (nSPS) is 10.7. The van der Waals surface area contributed by atoms with Crippen LogP contribution in [0.2, 0.25) is 0 Å². The summed E-state index contributed by atoms with van der Waals surface area (Å²) < 4.78 is 0. The van der Waals surface area contributed by atoms with Gasteiger partial charge in [0.1, 0.15) is 0 Å². The second kappa shape index (κ2) is 12.9. The molecule has 0 aromatic heterocycles. The molecule has 0 spiro atoms. The van der Waals surface area contributed by atoms with E-state index in [1.54, 1.807) is 0 Å². The molecule has 0 atom stereocenters. The summed E-state index contributed by atoms with van der Waals surface area (Å²) in [5.74, 6) is 0. The predicted octanol–water partition coefficient (Wildman–Crippen LogP) is 0.965. The topological polar surface area (TPSA) is 36.1 Å². The summed E-state index contributed by atoms with van der Waals surface area (Å²) in [5.41, 5.74) is 0. The Morgan fingerprint density at radius 1 is 0.571 bits per heavy atom. The maximum Gasteiger partial charge on any atom is 0.00767 e. The lowest BCUT2D eigenvalue weighted by Crippen LogP contribution is -2.29. The predicted molar refractivity (Wildman–Crippen MR) is 63.8 cm³/mol. The summed E-state index contributed by atoms with van der Waals surface area (Å²) >= 11 is 0. The molecule has 0 aliphatic rings. The van der Waals surface area contributed by atoms with Crippen LogP contribution in [0.3, 0.4) is 0 Å². The van der Waals surface area contributed by atoms with Crippen molar-refractivity contribution in [2.45, 2.75) is 33.1 Å². The fourth-order valence-electron chi connectivity index (χ4n) is 1.24. The Morgan fingerprint density at radius 2 is 1.00 bits per heavy atom. The molecule has 3 N–H and O–H groups in total. The molecule has 0 saturated carbocycles. The molecule has 0 radical (unpaired) electrons. The molecule has 0 fully saturated rings. The first-order valence-electron chi connectivity index (χ1n) is 6.04. The molecule has 0 rings (SSSR count). The van der Waals surface area contributed by atoms with Gasteiger partial charge in [0.15, 0.2) is 0 Å². The fraction of sp³-hybridized carbons (Fsp3) is 1.00. The number of hydrogen-bond acceptors (Lipinski definition) is 3. The van der Waals surface area contributed by atoms with Gasteiger partial charge in [0, 0.05) is 13.1 Å². The average molecular weight is 201 g/mol. The van der Waals surface area contributed by atoms with Crippen molar-refractivity contribution in [2.24, 2.45) is 0 Å². The van der Waals surface area contributed by atoms with Gasteiger partial charge in [0.05, 0.1) is 0 Å². The molecule has 3 heteroatoms. The highest BCUT2D eigenvalue weighted by Gasteiger charge is 1.88. The van der Waals surface area contributed by atoms with Gasteiger partial charge in [0.2, 0.25) is 0 Å². The minimum Gasteiger partial charge on any atom is -0.317 e. The van der Waals surface area contributed by atoms with E-state index in [4.69, 9.17) is 0 Å². The van der Waals surface area contributed by atoms with Crippen molar-refractivity contribution >= 4 is 0 Å². The molecular weight excluding hydrogens is 174 g/mol. The van der Waals surface area contributed by atoms with Crippen LogP contribution >= 0.6 is 0 Å². The van der Waals surface area contributed by atoms with Crippen molar-refractivity contribution in [1.82, 2.24) is 16.0 Å². The summed E-state index contributed by atoms with van der Waals surface area (Å²) in [6.45, 7) is 11.1. The first kappa shape index (κ1) is 13.9. The number of rotatable bonds is 11. The molecule has 0 heterocycles. The van der Waals surface area contributed by atoms with Crippen LogP contribution in [0.1, 0.15) is 33.1 Å². The lowest BCUT2D eigenvalue weighted by molar-refractivity contribution is 0.570. The zero-order chi connectivity index (χ0) is 10.5. The van der Waals surface area contributed by atoms with Crippen LogP contribution in [-0.4, -0.2) is 39.3 Å². The fourth-order valence-corrected chi connectivity index (χ4v) is 1.24. The minimum atomic E-state index is 1.09. The van der Waals surface area contributed by atoms with E-state index in [1.165, 1.54) is 19.3 Å². The van der Waals surface area contributed by atoms with E-state index in [1.807, 2.05) is 0 Å². The minimum absolute atomic E-state index is 1.09. The number of hydrogen-bond donors (Lipinski definition) is 3. The molecule has 3 nitrogen and oxygen atoms in total. The Labute approximate surface area is 89.0 Å². The first-order valence-corrected chi connectivity index (χ1v) is 6.04. The van der Waals surface area contributed by atoms with Crippen molar-refractivity contribution in [3.8, 4) is 0 Å². The Kier molecular flexibility index (Phi) is 12.8. The monoisotopic (exact) mass is 201 g/mol. The van der Waals surface area contributed by atoms with Crippen LogP contribution in [0.15, 0.2) is 0 Å². The van der Waals surface area contributed by atoms with Crippen LogP contribution in [0.25, 0.3) is 0 Å². The van der Waals surface area contributed by atoms with Crippen LogP contribution in [-0.2, 0) is 0 Å². The zero-order valence-corrected chi connectivity index (χ0v) is 9.86. The second-order valence-corrected chi connectivity index (χ2v) is 3.60. The Bertz CT molecular complexity index is 84.5. The largest absolute Gasteiger partial charge is 0.317 e. The standard InChI is InChI=1S/C11H27N3/c1-3-6-12-8-5-9-14-11-10-13-7-4-2/h12-14H,3-11H2,1-2H3. The third-order valence-corrected chi connectivity index (χ3v) is 2.04. The lowest BCUT2D eigenvalue weighted by atomic mass is 10.4. The molecule has 0 aliphatic heterocycles. The Hall–Kier alpha value is -0.120. The molecule has 86 valence electrons. The highest BCUT2D eigenvalue weighted by molar-refractivity contribution is 4.53. The maximum absolute atomic E-state index is 3.42. The summed E-state index contributed by atoms with van der Waals surface area (Å²) in [6, 6.07) is 0. The molecule has 0 aliphatic carbocycles. The summed E-state index contributed by atoms with van der Waals surface area (Å²) in [5, 5.41) is 10.2. The van der Waals surface area contributed by atoms with E-state index in [2.05, 4.69) is 29.8 Å². The van der Waals surface area contributed by atoms with E-state index in [-0.39, 0.29) is 0 Å². The highest BCUT2D eigenvalue weighted by atomic mass is 14.9. The third kappa shape index (κ3) is 11.9. The van der Waals surface area contributed by atoms with E-state index in [0.29, 0.717) is 0 Å². The molecule has 0 aromatic rings. The van der Waals surface area contributed by atoms with Gasteiger partial charge in [-0.25, -0.2) is 0 Å². The van der Waals surface area contributed by atoms with E-state index in [0.717, 1.165) is 39.3 Å². The summed E-state index contributed by atoms with van der Waals surface area (Å²) in [6.07, 6.45) is 3.68. The zero-order valence-electron chi connectivity index (χ0n) is 9.86. The van der Waals surface area contributed by atoms with Crippen molar-refractivity contribution in [3.05, 3.63) is 0 Å². The van der Waals surface area contributed by atoms with Crippen LogP contribution in [0.4, 0.5) is 0 Å². The van der Waals surface area contributed by atoms with Gasteiger partial charge >= 0.3 is 0 Å². The van der Waals surface area contributed by atoms with Crippen LogP contribution < -0.4 is 16.0 Å². The van der Waals surface area contributed by atoms with Gasteiger partial charge < -0.3 is 16.0 Å². The third-order valence-electron chi connectivity index (χ3n) is 2.04. The SMILES string of the molecule is CCCNCCCNCCNCCC. The molecule has 14 heavy (non-hydrogen) atoms.